The average molecular weight is 683 g/mol. The first-order valence-electron chi connectivity index (χ1n) is 16.2. The summed E-state index contributed by atoms with van der Waals surface area (Å²) in [7, 11) is 0. The predicted molar refractivity (Wildman–Crippen MR) is 215 cm³/mol. The van der Waals surface area contributed by atoms with Gasteiger partial charge in [-0.3, -0.25) is 0 Å². The molecular formula is C44H30N2S3. The lowest BCUT2D eigenvalue weighted by atomic mass is 10.00. The Balaban J connectivity index is 1.09. The van der Waals surface area contributed by atoms with Gasteiger partial charge in [0.05, 0.1) is 8.03 Å². The highest BCUT2D eigenvalue weighted by Crippen LogP contribution is 2.50. The minimum atomic E-state index is 1.14. The first-order chi connectivity index (χ1) is 24.3. The van der Waals surface area contributed by atoms with Crippen LogP contribution in [0.2, 0.25) is 0 Å². The van der Waals surface area contributed by atoms with Gasteiger partial charge in [-0.05, 0) is 83.9 Å². The molecule has 0 atom stereocenters. The molecule has 0 spiro atoms. The Labute approximate surface area is 298 Å². The molecule has 49 heavy (non-hydrogen) atoms. The first kappa shape index (κ1) is 29.7. The van der Waals surface area contributed by atoms with Crippen molar-refractivity contribution in [3.63, 3.8) is 0 Å². The molecule has 3 aromatic heterocycles. The molecule has 0 unspecified atom stereocenters. The van der Waals surface area contributed by atoms with Gasteiger partial charge in [-0.15, -0.1) is 34.0 Å². The largest absolute Gasteiger partial charge is 0.311 e. The molecule has 234 valence electrons. The molecule has 0 aliphatic heterocycles. The second-order valence-electron chi connectivity index (χ2n) is 11.8. The quantitative estimate of drug-likeness (QED) is 0.157. The number of hydrogen-bond donors (Lipinski definition) is 0. The van der Waals surface area contributed by atoms with Crippen LogP contribution in [-0.4, -0.2) is 0 Å². The Morgan fingerprint density at radius 3 is 0.898 bits per heavy atom. The number of para-hydroxylation sites is 4. The number of fused-ring (bicyclic) bond motifs is 3. The van der Waals surface area contributed by atoms with E-state index in [1.807, 2.05) is 34.0 Å². The van der Waals surface area contributed by atoms with Crippen molar-refractivity contribution >= 4 is 86.9 Å². The Morgan fingerprint density at radius 1 is 0.306 bits per heavy atom. The Bertz CT molecular complexity index is 2210. The number of benzene rings is 6. The molecule has 0 aliphatic carbocycles. The van der Waals surface area contributed by atoms with Crippen LogP contribution in [0, 0.1) is 0 Å². The van der Waals surface area contributed by atoms with Crippen LogP contribution in [0.3, 0.4) is 0 Å². The lowest BCUT2D eigenvalue weighted by Crippen LogP contribution is -2.09. The third-order valence-electron chi connectivity index (χ3n) is 8.88. The van der Waals surface area contributed by atoms with Crippen LogP contribution in [0.5, 0.6) is 0 Å². The molecule has 3 heterocycles. The molecule has 9 rings (SSSR count). The maximum atomic E-state index is 2.34. The minimum absolute atomic E-state index is 1.14. The van der Waals surface area contributed by atoms with E-state index in [2.05, 4.69) is 190 Å². The maximum absolute atomic E-state index is 2.34. The first-order valence-corrected chi connectivity index (χ1v) is 18.8. The zero-order valence-corrected chi connectivity index (χ0v) is 28.9. The summed E-state index contributed by atoms with van der Waals surface area (Å²) in [5.74, 6) is 0. The molecule has 5 heteroatoms. The van der Waals surface area contributed by atoms with Gasteiger partial charge >= 0.3 is 0 Å². The van der Waals surface area contributed by atoms with Crippen LogP contribution in [-0.2, 0) is 0 Å². The van der Waals surface area contributed by atoms with Crippen molar-refractivity contribution in [2.45, 2.75) is 0 Å². The second kappa shape index (κ2) is 12.9. The third-order valence-corrected chi connectivity index (χ3v) is 12.3. The summed E-state index contributed by atoms with van der Waals surface area (Å²) in [6, 6.07) is 60.5. The zero-order chi connectivity index (χ0) is 32.6. The molecule has 0 aliphatic rings. The van der Waals surface area contributed by atoms with E-state index in [9.17, 15) is 0 Å². The van der Waals surface area contributed by atoms with Crippen molar-refractivity contribution in [1.82, 2.24) is 0 Å². The van der Waals surface area contributed by atoms with E-state index in [-0.39, 0.29) is 0 Å². The van der Waals surface area contributed by atoms with Crippen LogP contribution in [0.25, 0.3) is 41.1 Å². The van der Waals surface area contributed by atoms with E-state index in [0.29, 0.717) is 0 Å². The molecule has 0 fully saturated rings. The van der Waals surface area contributed by atoms with E-state index >= 15 is 0 Å². The summed E-state index contributed by atoms with van der Waals surface area (Å²) in [5, 5.41) is 7.42. The summed E-state index contributed by atoms with van der Waals surface area (Å²) in [6.07, 6.45) is 0. The summed E-state index contributed by atoms with van der Waals surface area (Å²) >= 11 is 5.63. The highest BCUT2D eigenvalue weighted by atomic mass is 32.2. The third kappa shape index (κ3) is 5.52. The van der Waals surface area contributed by atoms with Crippen LogP contribution in [0.15, 0.2) is 181 Å². The van der Waals surface area contributed by atoms with Gasteiger partial charge in [0, 0.05) is 66.8 Å². The Morgan fingerprint density at radius 2 is 0.592 bits per heavy atom. The van der Waals surface area contributed by atoms with Crippen molar-refractivity contribution in [3.8, 4) is 22.3 Å². The van der Waals surface area contributed by atoms with Gasteiger partial charge in [-0.25, -0.2) is 0 Å². The summed E-state index contributed by atoms with van der Waals surface area (Å²) in [4.78, 5) is 4.63. The highest BCUT2D eigenvalue weighted by molar-refractivity contribution is 7.48. The van der Waals surface area contributed by atoms with Gasteiger partial charge in [0.15, 0.2) is 0 Å². The summed E-state index contributed by atoms with van der Waals surface area (Å²) < 4.78 is 2.77. The SMILES string of the molecule is c1ccc(N(c2ccccc2)c2ccc(-c3csc4sc5scc(-c6ccc(N(c7ccccc7)c7ccccc7)cc6)c5c34)cc2)cc1. The van der Waals surface area contributed by atoms with E-state index in [1.165, 1.54) is 41.1 Å². The predicted octanol–water partition coefficient (Wildman–Crippen LogP) is 14.5. The fourth-order valence-electron chi connectivity index (χ4n) is 6.60. The van der Waals surface area contributed by atoms with Crippen molar-refractivity contribution in [2.24, 2.45) is 0 Å². The molecule has 2 nitrogen and oxygen atoms in total. The lowest BCUT2D eigenvalue weighted by molar-refractivity contribution is 1.28. The molecule has 0 saturated carbocycles. The van der Waals surface area contributed by atoms with Crippen molar-refractivity contribution in [2.75, 3.05) is 9.80 Å². The zero-order valence-electron chi connectivity index (χ0n) is 26.4. The van der Waals surface area contributed by atoms with Crippen molar-refractivity contribution in [3.05, 3.63) is 181 Å². The molecule has 9 aromatic rings. The fraction of sp³-hybridized carbons (Fsp3) is 0. The van der Waals surface area contributed by atoms with E-state index in [1.54, 1.807) is 0 Å². The van der Waals surface area contributed by atoms with Crippen LogP contribution in [0.1, 0.15) is 0 Å². The van der Waals surface area contributed by atoms with Gasteiger partial charge in [0.1, 0.15) is 0 Å². The highest BCUT2D eigenvalue weighted by Gasteiger charge is 2.20. The van der Waals surface area contributed by atoms with Gasteiger partial charge in [0.2, 0.25) is 0 Å². The normalized spacial score (nSPS) is 11.3. The van der Waals surface area contributed by atoms with Gasteiger partial charge in [-0.1, -0.05) is 97.1 Å². The number of thiophene rings is 3. The van der Waals surface area contributed by atoms with E-state index in [4.69, 9.17) is 0 Å². The Hall–Kier alpha value is -5.46. The van der Waals surface area contributed by atoms with E-state index < -0.39 is 0 Å². The Kier molecular flexibility index (Phi) is 7.79. The summed E-state index contributed by atoms with van der Waals surface area (Å²) in [5.41, 5.74) is 11.9. The van der Waals surface area contributed by atoms with Crippen molar-refractivity contribution in [1.29, 1.82) is 0 Å². The molecule has 6 aromatic carbocycles. The standard InChI is InChI=1S/C44H30N2S3/c1-5-13-33(14-6-1)45(34-15-7-2-8-16-34)37-25-21-31(22-26-37)39-29-47-43-41(39)42-40(30-48-44(42)49-43)32-23-27-38(28-24-32)46(35-17-9-3-10-18-35)36-19-11-4-12-20-36/h1-30H. The molecule has 0 radical (unpaired) electrons. The number of rotatable bonds is 8. The minimum Gasteiger partial charge on any atom is -0.311 e. The number of hydrogen-bond acceptors (Lipinski definition) is 5. The van der Waals surface area contributed by atoms with Gasteiger partial charge in [-0.2, -0.15) is 0 Å². The average Bonchev–Trinajstić information content (AvgIpc) is 3.87. The van der Waals surface area contributed by atoms with Crippen LogP contribution in [0.4, 0.5) is 34.1 Å². The topological polar surface area (TPSA) is 6.48 Å². The molecular weight excluding hydrogens is 653 g/mol. The smallest absolute Gasteiger partial charge is 0.0892 e. The van der Waals surface area contributed by atoms with Crippen LogP contribution < -0.4 is 9.80 Å². The fourth-order valence-corrected chi connectivity index (χ4v) is 10.3. The molecule has 0 bridgehead atoms. The number of nitrogens with zero attached hydrogens (tertiary/aromatic N) is 2. The van der Waals surface area contributed by atoms with Crippen LogP contribution >= 0.6 is 34.0 Å². The van der Waals surface area contributed by atoms with Gasteiger partial charge < -0.3 is 9.80 Å². The molecule has 0 amide bonds. The van der Waals surface area contributed by atoms with Gasteiger partial charge in [0.25, 0.3) is 0 Å². The maximum Gasteiger partial charge on any atom is 0.0892 e. The second-order valence-corrected chi connectivity index (χ2v) is 15.1. The number of anilines is 6. The summed E-state index contributed by atoms with van der Waals surface area (Å²) in [6.45, 7) is 0. The molecule has 0 N–H and O–H groups in total. The van der Waals surface area contributed by atoms with Crippen molar-refractivity contribution < 1.29 is 0 Å². The molecule has 0 saturated heterocycles. The monoisotopic (exact) mass is 682 g/mol. The van der Waals surface area contributed by atoms with E-state index in [0.717, 1.165) is 34.1 Å². The lowest BCUT2D eigenvalue weighted by Gasteiger charge is -2.25.